The van der Waals surface area contributed by atoms with Gasteiger partial charge in [0, 0.05) is 17.6 Å². The van der Waals surface area contributed by atoms with E-state index in [1.807, 2.05) is 6.92 Å². The van der Waals surface area contributed by atoms with Gasteiger partial charge in [-0.05, 0) is 50.6 Å². The topological polar surface area (TPSA) is 58.2 Å². The van der Waals surface area contributed by atoms with Crippen LogP contribution in [0.3, 0.4) is 0 Å². The molecule has 4 nitrogen and oxygen atoms in total. The summed E-state index contributed by atoms with van der Waals surface area (Å²) in [5.74, 6) is 0. The van der Waals surface area contributed by atoms with Crippen molar-refractivity contribution < 1.29 is 8.42 Å². The summed E-state index contributed by atoms with van der Waals surface area (Å²) in [6.45, 7) is 8.80. The van der Waals surface area contributed by atoms with Gasteiger partial charge in [0.15, 0.2) is 0 Å². The van der Waals surface area contributed by atoms with Crippen molar-refractivity contribution in [1.29, 1.82) is 0 Å². The number of nitrogens with one attached hydrogen (secondary N) is 2. The Kier molecular flexibility index (Phi) is 5.80. The molecular formula is C13H21ClN2O2S. The highest BCUT2D eigenvalue weighted by Crippen LogP contribution is 2.24. The lowest BCUT2D eigenvalue weighted by Gasteiger charge is -2.15. The molecule has 0 amide bonds. The van der Waals surface area contributed by atoms with E-state index in [4.69, 9.17) is 11.6 Å². The molecule has 0 spiro atoms. The van der Waals surface area contributed by atoms with Crippen LogP contribution in [0.1, 0.15) is 31.9 Å². The second-order valence-corrected chi connectivity index (χ2v) is 6.86. The van der Waals surface area contributed by atoms with E-state index in [2.05, 4.69) is 10.0 Å². The van der Waals surface area contributed by atoms with E-state index in [0.717, 1.165) is 17.7 Å². The van der Waals surface area contributed by atoms with Gasteiger partial charge in [-0.1, -0.05) is 18.5 Å². The maximum absolute atomic E-state index is 12.3. The Morgan fingerprint density at radius 2 is 1.95 bits per heavy atom. The number of hydrogen-bond acceptors (Lipinski definition) is 3. The van der Waals surface area contributed by atoms with Crippen LogP contribution in [0, 0.1) is 6.92 Å². The highest BCUT2D eigenvalue weighted by molar-refractivity contribution is 7.89. The molecule has 0 saturated heterocycles. The molecule has 1 rings (SSSR count). The lowest BCUT2D eigenvalue weighted by Crippen LogP contribution is -2.31. The molecule has 6 heteroatoms. The largest absolute Gasteiger partial charge is 0.313 e. The van der Waals surface area contributed by atoms with Gasteiger partial charge in [-0.3, -0.25) is 0 Å². The Bertz CT molecular complexity index is 542. The number of benzene rings is 1. The van der Waals surface area contributed by atoms with Gasteiger partial charge in [-0.2, -0.15) is 0 Å². The van der Waals surface area contributed by atoms with Crippen LogP contribution >= 0.6 is 11.6 Å². The Morgan fingerprint density at radius 3 is 2.47 bits per heavy atom. The minimum atomic E-state index is -3.52. The van der Waals surface area contributed by atoms with E-state index in [9.17, 15) is 8.42 Å². The summed E-state index contributed by atoms with van der Waals surface area (Å²) in [6.07, 6.45) is 0. The molecule has 19 heavy (non-hydrogen) atoms. The first-order valence-electron chi connectivity index (χ1n) is 6.30. The smallest absolute Gasteiger partial charge is 0.241 e. The van der Waals surface area contributed by atoms with Crippen molar-refractivity contribution in [3.63, 3.8) is 0 Å². The maximum Gasteiger partial charge on any atom is 0.241 e. The molecular weight excluding hydrogens is 284 g/mol. The Balaban J connectivity index is 3.24. The van der Waals surface area contributed by atoms with Gasteiger partial charge in [0.2, 0.25) is 10.0 Å². The van der Waals surface area contributed by atoms with E-state index < -0.39 is 10.0 Å². The summed E-state index contributed by atoms with van der Waals surface area (Å²) in [4.78, 5) is 0.251. The predicted octanol–water partition coefficient (Wildman–Crippen LogP) is 2.44. The van der Waals surface area contributed by atoms with Gasteiger partial charge >= 0.3 is 0 Å². The average molecular weight is 305 g/mol. The van der Waals surface area contributed by atoms with E-state index in [1.54, 1.807) is 26.8 Å². The van der Waals surface area contributed by atoms with Gasteiger partial charge in [0.1, 0.15) is 0 Å². The third-order valence-corrected chi connectivity index (χ3v) is 4.68. The summed E-state index contributed by atoms with van der Waals surface area (Å²) in [5, 5.41) is 3.61. The number of rotatable bonds is 6. The van der Waals surface area contributed by atoms with Gasteiger partial charge < -0.3 is 5.32 Å². The molecule has 108 valence electrons. The van der Waals surface area contributed by atoms with Crippen LogP contribution in [0.5, 0.6) is 0 Å². The van der Waals surface area contributed by atoms with Crippen LogP contribution in [-0.2, 0) is 16.6 Å². The number of hydrogen-bond donors (Lipinski definition) is 2. The molecule has 0 saturated carbocycles. The van der Waals surface area contributed by atoms with Crippen LogP contribution in [0.15, 0.2) is 17.0 Å². The zero-order valence-corrected chi connectivity index (χ0v) is 13.3. The number of halogens is 1. The lowest BCUT2D eigenvalue weighted by molar-refractivity contribution is 0.569. The molecule has 1 aromatic carbocycles. The van der Waals surface area contributed by atoms with Crippen molar-refractivity contribution in [2.45, 2.75) is 45.2 Å². The maximum atomic E-state index is 12.3. The van der Waals surface area contributed by atoms with E-state index in [-0.39, 0.29) is 10.9 Å². The van der Waals surface area contributed by atoms with Crippen LogP contribution in [0.2, 0.25) is 5.02 Å². The fraction of sp³-hybridized carbons (Fsp3) is 0.538. The second kappa shape index (κ2) is 6.70. The zero-order valence-electron chi connectivity index (χ0n) is 11.7. The molecule has 2 N–H and O–H groups in total. The van der Waals surface area contributed by atoms with Crippen molar-refractivity contribution >= 4 is 21.6 Å². The Morgan fingerprint density at radius 1 is 1.32 bits per heavy atom. The van der Waals surface area contributed by atoms with Crippen molar-refractivity contribution in [3.05, 3.63) is 28.3 Å². The van der Waals surface area contributed by atoms with Gasteiger partial charge in [-0.25, -0.2) is 13.1 Å². The molecule has 0 atom stereocenters. The summed E-state index contributed by atoms with van der Waals surface area (Å²) in [7, 11) is -3.52. The van der Waals surface area contributed by atoms with Crippen LogP contribution in [-0.4, -0.2) is 21.0 Å². The van der Waals surface area contributed by atoms with Crippen molar-refractivity contribution in [3.8, 4) is 0 Å². The van der Waals surface area contributed by atoms with Crippen molar-refractivity contribution in [1.82, 2.24) is 10.0 Å². The molecule has 0 aliphatic heterocycles. The van der Waals surface area contributed by atoms with Gasteiger partial charge in [0.25, 0.3) is 0 Å². The third kappa shape index (κ3) is 4.45. The normalized spacial score (nSPS) is 12.1. The summed E-state index contributed by atoms with van der Waals surface area (Å²) < 4.78 is 27.1. The lowest BCUT2D eigenvalue weighted by atomic mass is 10.1. The minimum Gasteiger partial charge on any atom is -0.313 e. The molecule has 0 aromatic heterocycles. The molecule has 1 aromatic rings. The van der Waals surface area contributed by atoms with Gasteiger partial charge in [0.05, 0.1) is 4.90 Å². The highest BCUT2D eigenvalue weighted by Gasteiger charge is 2.20. The van der Waals surface area contributed by atoms with E-state index >= 15 is 0 Å². The van der Waals surface area contributed by atoms with Crippen molar-refractivity contribution in [2.24, 2.45) is 0 Å². The molecule has 0 bridgehead atoms. The standard InChI is InChI=1S/C13H21ClN2O2S/c1-5-15-8-11-6-12(14)7-13(10(11)4)19(17,18)16-9(2)3/h6-7,9,15-16H,5,8H2,1-4H3. The summed E-state index contributed by atoms with van der Waals surface area (Å²) in [6, 6.07) is 3.14. The fourth-order valence-corrected chi connectivity index (χ4v) is 3.67. The summed E-state index contributed by atoms with van der Waals surface area (Å²) >= 11 is 6.02. The molecule has 0 radical (unpaired) electrons. The first kappa shape index (κ1) is 16.4. The minimum absolute atomic E-state index is 0.152. The second-order valence-electron chi connectivity index (χ2n) is 4.74. The predicted molar refractivity (Wildman–Crippen MR) is 79.0 cm³/mol. The SMILES string of the molecule is CCNCc1cc(Cl)cc(S(=O)(=O)NC(C)C)c1C. The van der Waals surface area contributed by atoms with Crippen LogP contribution in [0.25, 0.3) is 0 Å². The monoisotopic (exact) mass is 304 g/mol. The van der Waals surface area contributed by atoms with E-state index in [1.165, 1.54) is 6.07 Å². The summed E-state index contributed by atoms with van der Waals surface area (Å²) in [5.41, 5.74) is 1.64. The van der Waals surface area contributed by atoms with E-state index in [0.29, 0.717) is 11.6 Å². The average Bonchev–Trinajstić information content (AvgIpc) is 2.28. The highest BCUT2D eigenvalue weighted by atomic mass is 35.5. The zero-order chi connectivity index (χ0) is 14.6. The van der Waals surface area contributed by atoms with Crippen LogP contribution < -0.4 is 10.0 Å². The number of sulfonamides is 1. The Labute approximate surface area is 120 Å². The quantitative estimate of drug-likeness (QED) is 0.849. The molecule has 0 unspecified atom stereocenters. The molecule has 0 aliphatic carbocycles. The first-order valence-corrected chi connectivity index (χ1v) is 8.16. The van der Waals surface area contributed by atoms with Crippen molar-refractivity contribution in [2.75, 3.05) is 6.54 Å². The molecule has 0 fully saturated rings. The molecule has 0 heterocycles. The molecule has 0 aliphatic rings. The third-order valence-electron chi connectivity index (χ3n) is 2.68. The Hall–Kier alpha value is -0.620. The fourth-order valence-electron chi connectivity index (χ4n) is 1.80. The van der Waals surface area contributed by atoms with Gasteiger partial charge in [-0.15, -0.1) is 0 Å². The van der Waals surface area contributed by atoms with Crippen LogP contribution in [0.4, 0.5) is 0 Å². The first-order chi connectivity index (χ1) is 8.77.